The van der Waals surface area contributed by atoms with Crippen LogP contribution in [0, 0.1) is 5.82 Å². The van der Waals surface area contributed by atoms with Gasteiger partial charge in [0.2, 0.25) is 5.91 Å². The van der Waals surface area contributed by atoms with E-state index in [9.17, 15) is 9.18 Å². The van der Waals surface area contributed by atoms with Crippen molar-refractivity contribution in [1.82, 2.24) is 5.32 Å². The van der Waals surface area contributed by atoms with E-state index in [1.807, 2.05) is 25.1 Å². The van der Waals surface area contributed by atoms with Crippen LogP contribution < -0.4 is 5.32 Å². The number of carbonyl (C=O) groups excluding carboxylic acids is 1. The van der Waals surface area contributed by atoms with Crippen molar-refractivity contribution >= 4 is 23.1 Å². The molecule has 1 N–H and O–H groups in total. The van der Waals surface area contributed by atoms with Gasteiger partial charge in [-0.3, -0.25) is 4.79 Å². The molecule has 1 aromatic carbocycles. The Labute approximate surface area is 156 Å². The van der Waals surface area contributed by atoms with Gasteiger partial charge in [0.1, 0.15) is 17.3 Å². The maximum atomic E-state index is 13.9. The minimum Gasteiger partial charge on any atom is -0.467 e. The van der Waals surface area contributed by atoms with Crippen LogP contribution in [0.2, 0.25) is 0 Å². The molecule has 0 fully saturated rings. The predicted octanol–water partition coefficient (Wildman–Crippen LogP) is 5.05. The van der Waals surface area contributed by atoms with Crippen molar-refractivity contribution in [3.63, 3.8) is 0 Å². The number of nitrogens with one attached hydrogen (secondary N) is 1. The van der Waals surface area contributed by atoms with E-state index in [0.29, 0.717) is 18.1 Å². The van der Waals surface area contributed by atoms with Gasteiger partial charge < -0.3 is 14.2 Å². The zero-order chi connectivity index (χ0) is 18.8. The molecular weight excluding hydrogens is 345 g/mol. The minimum absolute atomic E-state index is 0.143. The van der Waals surface area contributed by atoms with Gasteiger partial charge in [-0.2, -0.15) is 0 Å². The lowest BCUT2D eigenvalue weighted by Gasteiger charge is -2.07. The number of halogens is 1. The fourth-order valence-electron chi connectivity index (χ4n) is 3.32. The molecule has 4 nitrogen and oxygen atoms in total. The number of furan rings is 2. The molecule has 0 radical (unpaired) electrons. The maximum absolute atomic E-state index is 13.9. The molecule has 136 valence electrons. The lowest BCUT2D eigenvalue weighted by atomic mass is 10.0. The number of rotatable bonds is 5. The average molecular weight is 363 g/mol. The third kappa shape index (κ3) is 3.49. The van der Waals surface area contributed by atoms with Crippen LogP contribution in [-0.4, -0.2) is 5.91 Å². The highest BCUT2D eigenvalue weighted by atomic mass is 19.1. The van der Waals surface area contributed by atoms with E-state index in [4.69, 9.17) is 8.83 Å². The maximum Gasteiger partial charge on any atom is 0.224 e. The molecule has 1 aliphatic carbocycles. The Morgan fingerprint density at radius 2 is 1.93 bits per heavy atom. The summed E-state index contributed by atoms with van der Waals surface area (Å²) in [5.41, 5.74) is 4.35. The summed E-state index contributed by atoms with van der Waals surface area (Å²) in [4.78, 5) is 12.4. The van der Waals surface area contributed by atoms with Crippen molar-refractivity contribution < 1.29 is 18.0 Å². The summed E-state index contributed by atoms with van der Waals surface area (Å²) >= 11 is 0. The molecule has 1 amide bonds. The number of fused-ring (bicyclic) bond motifs is 1. The summed E-state index contributed by atoms with van der Waals surface area (Å²) in [7, 11) is 0. The summed E-state index contributed by atoms with van der Waals surface area (Å²) in [5.74, 6) is 0.929. The number of hydrogen-bond acceptors (Lipinski definition) is 3. The summed E-state index contributed by atoms with van der Waals surface area (Å²) in [6.07, 6.45) is 5.25. The Morgan fingerprint density at radius 1 is 1.11 bits per heavy atom. The molecule has 0 saturated heterocycles. The van der Waals surface area contributed by atoms with Crippen molar-refractivity contribution in [3.05, 3.63) is 89.0 Å². The highest BCUT2D eigenvalue weighted by Gasteiger charge is 2.26. The third-order valence-corrected chi connectivity index (χ3v) is 4.66. The first-order valence-corrected chi connectivity index (χ1v) is 8.66. The third-order valence-electron chi connectivity index (χ3n) is 4.66. The number of benzene rings is 1. The van der Waals surface area contributed by atoms with Crippen molar-refractivity contribution in [1.29, 1.82) is 0 Å². The van der Waals surface area contributed by atoms with Gasteiger partial charge in [0.05, 0.1) is 25.5 Å². The van der Waals surface area contributed by atoms with E-state index in [1.54, 1.807) is 30.7 Å². The van der Waals surface area contributed by atoms with Crippen molar-refractivity contribution in [2.75, 3.05) is 0 Å². The highest BCUT2D eigenvalue weighted by molar-refractivity contribution is 6.07. The number of hydrogen-bond donors (Lipinski definition) is 1. The topological polar surface area (TPSA) is 55.4 Å². The van der Waals surface area contributed by atoms with Gasteiger partial charge >= 0.3 is 0 Å². The summed E-state index contributed by atoms with van der Waals surface area (Å²) in [5, 5.41) is 2.84. The molecule has 0 unspecified atom stereocenters. The second-order valence-corrected chi connectivity index (χ2v) is 6.40. The van der Waals surface area contributed by atoms with Gasteiger partial charge in [-0.25, -0.2) is 4.39 Å². The molecule has 0 saturated carbocycles. The monoisotopic (exact) mass is 363 g/mol. The van der Waals surface area contributed by atoms with Gasteiger partial charge in [0, 0.05) is 0 Å². The Morgan fingerprint density at radius 3 is 2.67 bits per heavy atom. The van der Waals surface area contributed by atoms with Gasteiger partial charge in [-0.1, -0.05) is 6.07 Å². The quantitative estimate of drug-likeness (QED) is 0.690. The SMILES string of the molecule is CC1=C(CC(=O)NCc2ccco2)c2cc(F)ccc2/C1=C\c1ccco1. The molecule has 2 aromatic heterocycles. The van der Waals surface area contributed by atoms with Crippen LogP contribution in [0.3, 0.4) is 0 Å². The largest absolute Gasteiger partial charge is 0.467 e. The Bertz CT molecular complexity index is 1030. The van der Waals surface area contributed by atoms with Gasteiger partial charge in [0.15, 0.2) is 0 Å². The second kappa shape index (κ2) is 7.11. The van der Waals surface area contributed by atoms with E-state index in [1.165, 1.54) is 12.1 Å². The molecule has 27 heavy (non-hydrogen) atoms. The van der Waals surface area contributed by atoms with Crippen LogP contribution in [0.5, 0.6) is 0 Å². The normalized spacial score (nSPS) is 14.7. The minimum atomic E-state index is -0.325. The summed E-state index contributed by atoms with van der Waals surface area (Å²) < 4.78 is 24.5. The van der Waals surface area contributed by atoms with Crippen LogP contribution in [0.1, 0.15) is 36.0 Å². The number of allylic oxidation sites excluding steroid dienone is 2. The Balaban J connectivity index is 1.63. The second-order valence-electron chi connectivity index (χ2n) is 6.40. The molecule has 0 aliphatic heterocycles. The van der Waals surface area contributed by atoms with Crippen molar-refractivity contribution in [2.45, 2.75) is 19.9 Å². The van der Waals surface area contributed by atoms with E-state index >= 15 is 0 Å². The first kappa shape index (κ1) is 17.1. The molecule has 0 spiro atoms. The molecule has 2 heterocycles. The summed E-state index contributed by atoms with van der Waals surface area (Å²) in [6, 6.07) is 11.9. The lowest BCUT2D eigenvalue weighted by Crippen LogP contribution is -2.22. The fraction of sp³-hybridized carbons (Fsp3) is 0.136. The standard InChI is InChI=1S/C22H18FNO3/c1-14-19(11-16-4-2-8-26-16)18-7-6-15(23)10-21(18)20(14)12-22(25)24-13-17-5-3-9-27-17/h2-11H,12-13H2,1H3,(H,24,25)/b19-11-. The Kier molecular flexibility index (Phi) is 4.50. The molecule has 0 atom stereocenters. The first-order chi connectivity index (χ1) is 13.1. The van der Waals surface area contributed by atoms with Crippen molar-refractivity contribution in [2.24, 2.45) is 0 Å². The molecule has 1 aliphatic rings. The van der Waals surface area contributed by atoms with Crippen LogP contribution in [0.4, 0.5) is 4.39 Å². The average Bonchev–Trinajstić information content (AvgIpc) is 3.39. The van der Waals surface area contributed by atoms with Gasteiger partial charge in [-0.15, -0.1) is 0 Å². The van der Waals surface area contributed by atoms with E-state index in [2.05, 4.69) is 5.32 Å². The zero-order valence-corrected chi connectivity index (χ0v) is 14.8. The van der Waals surface area contributed by atoms with Crippen LogP contribution >= 0.6 is 0 Å². The summed E-state index contributed by atoms with van der Waals surface area (Å²) in [6.45, 7) is 2.27. The molecule has 3 aromatic rings. The van der Waals surface area contributed by atoms with Crippen LogP contribution in [0.15, 0.2) is 69.4 Å². The Hall–Kier alpha value is -3.34. The van der Waals surface area contributed by atoms with E-state index in [-0.39, 0.29) is 18.1 Å². The van der Waals surface area contributed by atoms with Crippen LogP contribution in [0.25, 0.3) is 17.2 Å². The van der Waals surface area contributed by atoms with Crippen molar-refractivity contribution in [3.8, 4) is 0 Å². The first-order valence-electron chi connectivity index (χ1n) is 8.66. The smallest absolute Gasteiger partial charge is 0.224 e. The molecular formula is C22H18FNO3. The fourth-order valence-corrected chi connectivity index (χ4v) is 3.32. The van der Waals surface area contributed by atoms with Gasteiger partial charge in [-0.05, 0) is 77.2 Å². The number of carbonyl (C=O) groups is 1. The molecule has 5 heteroatoms. The lowest BCUT2D eigenvalue weighted by molar-refractivity contribution is -0.120. The molecule has 4 rings (SSSR count). The predicted molar refractivity (Wildman–Crippen MR) is 101 cm³/mol. The van der Waals surface area contributed by atoms with Crippen LogP contribution in [-0.2, 0) is 11.3 Å². The van der Waals surface area contributed by atoms with E-state index in [0.717, 1.165) is 27.8 Å². The highest BCUT2D eigenvalue weighted by Crippen LogP contribution is 2.43. The van der Waals surface area contributed by atoms with E-state index < -0.39 is 0 Å². The number of amides is 1. The van der Waals surface area contributed by atoms with Gasteiger partial charge in [0.25, 0.3) is 0 Å². The zero-order valence-electron chi connectivity index (χ0n) is 14.8. The molecule has 0 bridgehead atoms.